The summed E-state index contributed by atoms with van der Waals surface area (Å²) in [6.07, 6.45) is 4.83. The lowest BCUT2D eigenvalue weighted by Gasteiger charge is -2.44. The Bertz CT molecular complexity index is 458. The molecule has 3 rings (SSSR count). The normalized spacial score (nSPS) is 27.8. The number of fused-ring (bicyclic) bond motifs is 1. The molecule has 5 nitrogen and oxygen atoms in total. The maximum absolute atomic E-state index is 10.7. The second-order valence-corrected chi connectivity index (χ2v) is 5.25. The summed E-state index contributed by atoms with van der Waals surface area (Å²) in [5, 5.41) is 10.7. The van der Waals surface area contributed by atoms with Crippen molar-refractivity contribution in [2.75, 3.05) is 13.2 Å². The lowest BCUT2D eigenvalue weighted by Crippen LogP contribution is -2.47. The molecule has 0 bridgehead atoms. The monoisotopic (exact) mass is 262 g/mol. The van der Waals surface area contributed by atoms with Gasteiger partial charge in [0.05, 0.1) is 11.5 Å². The summed E-state index contributed by atoms with van der Waals surface area (Å²) in [5.74, 6) is 0. The molecule has 0 aliphatic carbocycles. The molecule has 2 saturated heterocycles. The Morgan fingerprint density at radius 1 is 1.21 bits per heavy atom. The predicted octanol–water partition coefficient (Wildman–Crippen LogP) is 2.87. The molecule has 0 amide bonds. The number of rotatable bonds is 2. The molecule has 0 aromatic heterocycles. The van der Waals surface area contributed by atoms with E-state index in [4.69, 9.17) is 4.74 Å². The van der Waals surface area contributed by atoms with Crippen LogP contribution in [0.2, 0.25) is 0 Å². The molecule has 2 atom stereocenters. The predicted molar refractivity (Wildman–Crippen MR) is 70.8 cm³/mol. The van der Waals surface area contributed by atoms with Crippen LogP contribution < -0.4 is 0 Å². The van der Waals surface area contributed by atoms with Crippen LogP contribution in [0.5, 0.6) is 0 Å². The van der Waals surface area contributed by atoms with E-state index in [9.17, 15) is 10.1 Å². The number of nitrogens with zero attached hydrogens (tertiary/aromatic N) is 2. The van der Waals surface area contributed by atoms with E-state index in [-0.39, 0.29) is 16.8 Å². The molecular formula is C14H18N2O3. The molecule has 0 spiro atoms. The van der Waals surface area contributed by atoms with Gasteiger partial charge in [-0.1, -0.05) is 6.42 Å². The Labute approximate surface area is 112 Å². The first-order chi connectivity index (χ1) is 9.25. The zero-order valence-corrected chi connectivity index (χ0v) is 10.8. The molecule has 2 aliphatic heterocycles. The van der Waals surface area contributed by atoms with Crippen LogP contribution in [0.4, 0.5) is 5.69 Å². The van der Waals surface area contributed by atoms with Gasteiger partial charge in [0.1, 0.15) is 6.23 Å². The van der Waals surface area contributed by atoms with Gasteiger partial charge in [-0.3, -0.25) is 15.0 Å². The van der Waals surface area contributed by atoms with Gasteiger partial charge in [0.15, 0.2) is 0 Å². The number of hydrogen-bond acceptors (Lipinski definition) is 4. The molecule has 1 aromatic carbocycles. The third kappa shape index (κ3) is 2.48. The summed E-state index contributed by atoms with van der Waals surface area (Å²) >= 11 is 0. The molecule has 2 unspecified atom stereocenters. The van der Waals surface area contributed by atoms with Gasteiger partial charge in [0.2, 0.25) is 0 Å². The lowest BCUT2D eigenvalue weighted by molar-refractivity contribution is -0.384. The van der Waals surface area contributed by atoms with Gasteiger partial charge in [-0.05, 0) is 37.0 Å². The van der Waals surface area contributed by atoms with Gasteiger partial charge in [0, 0.05) is 24.7 Å². The van der Waals surface area contributed by atoms with Crippen molar-refractivity contribution in [3.8, 4) is 0 Å². The van der Waals surface area contributed by atoms with Gasteiger partial charge in [-0.15, -0.1) is 0 Å². The fourth-order valence-electron chi connectivity index (χ4n) is 3.10. The number of benzene rings is 1. The first kappa shape index (κ1) is 12.6. The van der Waals surface area contributed by atoms with E-state index in [1.807, 2.05) is 12.1 Å². The molecule has 0 saturated carbocycles. The first-order valence-electron chi connectivity index (χ1n) is 6.87. The second-order valence-electron chi connectivity index (χ2n) is 5.25. The highest BCUT2D eigenvalue weighted by Crippen LogP contribution is 2.35. The lowest BCUT2D eigenvalue weighted by atomic mass is 9.96. The minimum Gasteiger partial charge on any atom is -0.359 e. The Morgan fingerprint density at radius 3 is 2.74 bits per heavy atom. The summed E-state index contributed by atoms with van der Waals surface area (Å²) in [5.41, 5.74) is 1.16. The van der Waals surface area contributed by atoms with E-state index < -0.39 is 0 Å². The van der Waals surface area contributed by atoms with Gasteiger partial charge in [-0.25, -0.2) is 0 Å². The van der Waals surface area contributed by atoms with Crippen molar-refractivity contribution in [2.45, 2.75) is 38.0 Å². The third-order valence-corrected chi connectivity index (χ3v) is 4.09. The minimum absolute atomic E-state index is 0.0279. The number of nitro groups is 1. The van der Waals surface area contributed by atoms with Crippen LogP contribution in [0.25, 0.3) is 0 Å². The average Bonchev–Trinajstić information content (AvgIpc) is 2.47. The minimum atomic E-state index is -0.366. The molecule has 2 fully saturated rings. The van der Waals surface area contributed by atoms with Crippen LogP contribution in [-0.4, -0.2) is 29.0 Å². The van der Waals surface area contributed by atoms with Crippen molar-refractivity contribution in [2.24, 2.45) is 0 Å². The van der Waals surface area contributed by atoms with Crippen molar-refractivity contribution in [3.05, 3.63) is 39.9 Å². The zero-order chi connectivity index (χ0) is 13.2. The summed E-state index contributed by atoms with van der Waals surface area (Å²) in [4.78, 5) is 12.7. The Hall–Kier alpha value is -1.46. The van der Waals surface area contributed by atoms with E-state index in [0.717, 1.165) is 25.1 Å². The maximum Gasteiger partial charge on any atom is 0.269 e. The summed E-state index contributed by atoms with van der Waals surface area (Å²) in [7, 11) is 0. The number of ether oxygens (including phenoxy) is 1. The Balaban J connectivity index is 1.81. The first-order valence-corrected chi connectivity index (χ1v) is 6.87. The highest BCUT2D eigenvalue weighted by molar-refractivity contribution is 5.33. The largest absolute Gasteiger partial charge is 0.359 e. The molecule has 19 heavy (non-hydrogen) atoms. The van der Waals surface area contributed by atoms with E-state index in [1.54, 1.807) is 12.1 Å². The second kappa shape index (κ2) is 5.27. The van der Waals surface area contributed by atoms with Crippen LogP contribution in [0.3, 0.4) is 0 Å². The van der Waals surface area contributed by atoms with Crippen molar-refractivity contribution >= 4 is 5.69 Å². The highest BCUT2D eigenvalue weighted by Gasteiger charge is 2.33. The standard InChI is InChI=1S/C14H18N2O3/c17-16(18)13-6-4-11(5-7-13)14-15-9-2-1-3-12(15)8-10-19-14/h4-7,12,14H,1-3,8-10H2. The zero-order valence-electron chi connectivity index (χ0n) is 10.8. The third-order valence-electron chi connectivity index (χ3n) is 4.09. The van der Waals surface area contributed by atoms with Gasteiger partial charge < -0.3 is 4.74 Å². The molecule has 2 heterocycles. The van der Waals surface area contributed by atoms with Gasteiger partial charge in [-0.2, -0.15) is 0 Å². The van der Waals surface area contributed by atoms with Gasteiger partial charge in [0.25, 0.3) is 5.69 Å². The average molecular weight is 262 g/mol. The maximum atomic E-state index is 10.7. The Kier molecular flexibility index (Phi) is 3.48. The van der Waals surface area contributed by atoms with Crippen LogP contribution in [-0.2, 0) is 4.74 Å². The van der Waals surface area contributed by atoms with E-state index in [1.165, 1.54) is 19.3 Å². The Morgan fingerprint density at radius 2 is 2.00 bits per heavy atom. The summed E-state index contributed by atoms with van der Waals surface area (Å²) in [6, 6.07) is 7.38. The molecule has 0 N–H and O–H groups in total. The van der Waals surface area contributed by atoms with Crippen molar-refractivity contribution in [1.29, 1.82) is 0 Å². The number of nitro benzene ring substituents is 1. The summed E-state index contributed by atoms with van der Waals surface area (Å²) < 4.78 is 5.89. The quantitative estimate of drug-likeness (QED) is 0.607. The van der Waals surface area contributed by atoms with Crippen LogP contribution >= 0.6 is 0 Å². The molecular weight excluding hydrogens is 244 g/mol. The number of non-ortho nitro benzene ring substituents is 1. The number of hydrogen-bond donors (Lipinski definition) is 0. The smallest absolute Gasteiger partial charge is 0.269 e. The topological polar surface area (TPSA) is 55.6 Å². The fourth-order valence-corrected chi connectivity index (χ4v) is 3.10. The SMILES string of the molecule is O=[N+]([O-])c1ccc(C2OCCC3CCCCN32)cc1. The van der Waals surface area contributed by atoms with E-state index in [0.29, 0.717) is 6.04 Å². The highest BCUT2D eigenvalue weighted by atomic mass is 16.6. The van der Waals surface area contributed by atoms with Crippen molar-refractivity contribution in [3.63, 3.8) is 0 Å². The molecule has 1 aromatic rings. The fraction of sp³-hybridized carbons (Fsp3) is 0.571. The summed E-state index contributed by atoms with van der Waals surface area (Å²) in [6.45, 7) is 1.84. The van der Waals surface area contributed by atoms with Gasteiger partial charge >= 0.3 is 0 Å². The van der Waals surface area contributed by atoms with Crippen molar-refractivity contribution < 1.29 is 9.66 Å². The van der Waals surface area contributed by atoms with Crippen LogP contribution in [0.15, 0.2) is 24.3 Å². The van der Waals surface area contributed by atoms with E-state index in [2.05, 4.69) is 4.90 Å². The van der Waals surface area contributed by atoms with E-state index >= 15 is 0 Å². The molecule has 0 radical (unpaired) electrons. The molecule has 5 heteroatoms. The number of piperidine rings is 1. The molecule has 2 aliphatic rings. The van der Waals surface area contributed by atoms with Crippen molar-refractivity contribution in [1.82, 2.24) is 4.90 Å². The van der Waals surface area contributed by atoms with Crippen LogP contribution in [0.1, 0.15) is 37.5 Å². The van der Waals surface area contributed by atoms with Crippen LogP contribution in [0, 0.1) is 10.1 Å². The molecule has 102 valence electrons.